The maximum absolute atomic E-state index is 6.37. The first kappa shape index (κ1) is 20.1. The Hall–Kier alpha value is -3.54. The smallest absolute Gasteiger partial charge is 0.145 e. The van der Waals surface area contributed by atoms with Crippen LogP contribution >= 0.6 is 0 Å². The molecule has 0 fully saturated rings. The molecule has 3 N–H and O–H groups in total. The lowest BCUT2D eigenvalue weighted by Gasteiger charge is -2.33. The molecular weight excluding hydrogens is 414 g/mol. The summed E-state index contributed by atoms with van der Waals surface area (Å²) in [6, 6.07) is 14.8. The van der Waals surface area contributed by atoms with Gasteiger partial charge in [0.25, 0.3) is 0 Å². The van der Waals surface area contributed by atoms with E-state index in [2.05, 4.69) is 79.2 Å². The van der Waals surface area contributed by atoms with Crippen molar-refractivity contribution in [3.05, 3.63) is 70.3 Å². The van der Waals surface area contributed by atoms with Crippen LogP contribution in [0.15, 0.2) is 42.5 Å². The first-order valence-electron chi connectivity index (χ1n) is 11.6. The van der Waals surface area contributed by atoms with Gasteiger partial charge in [0, 0.05) is 17.7 Å². The Kier molecular flexibility index (Phi) is 4.75. The first-order valence-corrected chi connectivity index (χ1v) is 11.6. The maximum atomic E-state index is 6.37. The summed E-state index contributed by atoms with van der Waals surface area (Å²) in [5.74, 6) is 2.75. The monoisotopic (exact) mass is 443 g/mol. The van der Waals surface area contributed by atoms with E-state index in [0.29, 0.717) is 13.2 Å². The van der Waals surface area contributed by atoms with E-state index in [9.17, 15) is 0 Å². The van der Waals surface area contributed by atoms with Gasteiger partial charge in [0.1, 0.15) is 36.6 Å². The van der Waals surface area contributed by atoms with Gasteiger partial charge in [0.15, 0.2) is 0 Å². The number of rotatable bonds is 2. The van der Waals surface area contributed by atoms with E-state index in [-0.39, 0.29) is 12.1 Å². The summed E-state index contributed by atoms with van der Waals surface area (Å²) in [7, 11) is 0. The second-order valence-electron chi connectivity index (χ2n) is 9.08. The van der Waals surface area contributed by atoms with Gasteiger partial charge >= 0.3 is 0 Å². The van der Waals surface area contributed by atoms with Crippen LogP contribution in [0.2, 0.25) is 0 Å². The number of nitrogens with one attached hydrogen (secondary N) is 3. The summed E-state index contributed by atoms with van der Waals surface area (Å²) in [6.45, 7) is 9.19. The molecule has 170 valence electrons. The maximum Gasteiger partial charge on any atom is 0.145 e. The number of hydrogen-bond donors (Lipinski definition) is 3. The van der Waals surface area contributed by atoms with E-state index in [1.165, 1.54) is 16.7 Å². The van der Waals surface area contributed by atoms with Crippen molar-refractivity contribution < 1.29 is 14.2 Å². The Morgan fingerprint density at radius 3 is 2.58 bits per heavy atom. The quantitative estimate of drug-likeness (QED) is 0.486. The zero-order valence-electron chi connectivity index (χ0n) is 19.2. The standard InChI is InChI=1S/C27H29N3O3/c1-15-4-7-20-24(12-15)33-25(13-29-20)19-5-8-21-27(17(19)3)32-14-22(30-21)18-6-9-23-26(16(18)2)28-10-11-31-23/h4-9,12,22,25,28-30H,10-11,13-14H2,1-3H3. The molecule has 0 amide bonds. The van der Waals surface area contributed by atoms with Gasteiger partial charge < -0.3 is 30.2 Å². The number of ether oxygens (including phenoxy) is 3. The van der Waals surface area contributed by atoms with Crippen molar-refractivity contribution in [3.63, 3.8) is 0 Å². The molecule has 3 aromatic carbocycles. The fourth-order valence-electron chi connectivity index (χ4n) is 5.12. The third kappa shape index (κ3) is 3.41. The lowest BCUT2D eigenvalue weighted by molar-refractivity contribution is 0.208. The van der Waals surface area contributed by atoms with Gasteiger partial charge in [-0.25, -0.2) is 0 Å². The molecular formula is C27H29N3O3. The normalized spacial score (nSPS) is 20.3. The topological polar surface area (TPSA) is 63.8 Å². The van der Waals surface area contributed by atoms with Gasteiger partial charge in [-0.2, -0.15) is 0 Å². The molecule has 0 aromatic heterocycles. The molecule has 6 heteroatoms. The Balaban J connectivity index is 1.26. The van der Waals surface area contributed by atoms with Crippen LogP contribution in [0, 0.1) is 20.8 Å². The minimum absolute atomic E-state index is 0.0557. The molecule has 0 aliphatic carbocycles. The van der Waals surface area contributed by atoms with Crippen LogP contribution in [-0.4, -0.2) is 26.3 Å². The SMILES string of the molecule is Cc1ccc2c(c1)OC(c1ccc3c(c1C)OCC(c1ccc4c(c1C)NCCO4)N3)CN2. The zero-order chi connectivity index (χ0) is 22.5. The number of hydrogen-bond acceptors (Lipinski definition) is 6. The van der Waals surface area contributed by atoms with E-state index in [0.717, 1.165) is 58.5 Å². The highest BCUT2D eigenvalue weighted by Gasteiger charge is 2.29. The Labute approximate surface area is 194 Å². The molecule has 2 atom stereocenters. The van der Waals surface area contributed by atoms with Crippen molar-refractivity contribution >= 4 is 17.1 Å². The highest BCUT2D eigenvalue weighted by molar-refractivity contribution is 5.69. The van der Waals surface area contributed by atoms with Crippen molar-refractivity contribution in [2.24, 2.45) is 0 Å². The average molecular weight is 444 g/mol. The van der Waals surface area contributed by atoms with Gasteiger partial charge in [0.05, 0.1) is 29.6 Å². The molecule has 0 saturated carbocycles. The molecule has 0 radical (unpaired) electrons. The summed E-state index contributed by atoms with van der Waals surface area (Å²) in [4.78, 5) is 0. The first-order chi connectivity index (χ1) is 16.1. The summed E-state index contributed by atoms with van der Waals surface area (Å²) in [6.07, 6.45) is -0.0557. The lowest BCUT2D eigenvalue weighted by Crippen LogP contribution is -2.28. The Bertz CT molecular complexity index is 1240. The fourth-order valence-corrected chi connectivity index (χ4v) is 5.12. The van der Waals surface area contributed by atoms with Crippen molar-refractivity contribution in [1.82, 2.24) is 0 Å². The molecule has 33 heavy (non-hydrogen) atoms. The molecule has 3 aliphatic heterocycles. The molecule has 2 unspecified atom stereocenters. The average Bonchev–Trinajstić information content (AvgIpc) is 2.84. The minimum atomic E-state index is -0.0557. The van der Waals surface area contributed by atoms with Crippen molar-refractivity contribution in [2.45, 2.75) is 32.9 Å². The largest absolute Gasteiger partial charge is 0.490 e. The third-order valence-electron chi connectivity index (χ3n) is 6.91. The summed E-state index contributed by atoms with van der Waals surface area (Å²) in [5.41, 5.74) is 9.07. The van der Waals surface area contributed by atoms with Crippen LogP contribution in [0.4, 0.5) is 17.1 Å². The van der Waals surface area contributed by atoms with Gasteiger partial charge in [-0.1, -0.05) is 18.2 Å². The predicted molar refractivity (Wildman–Crippen MR) is 131 cm³/mol. The van der Waals surface area contributed by atoms with Crippen LogP contribution < -0.4 is 30.2 Å². The van der Waals surface area contributed by atoms with E-state index < -0.39 is 0 Å². The Morgan fingerprint density at radius 1 is 0.818 bits per heavy atom. The Morgan fingerprint density at radius 2 is 1.67 bits per heavy atom. The number of aryl methyl sites for hydroxylation is 1. The van der Waals surface area contributed by atoms with Crippen molar-refractivity contribution in [1.29, 1.82) is 0 Å². The fraction of sp³-hybridized carbons (Fsp3) is 0.333. The predicted octanol–water partition coefficient (Wildman–Crippen LogP) is 5.51. The zero-order valence-corrected chi connectivity index (χ0v) is 19.2. The van der Waals surface area contributed by atoms with E-state index in [1.807, 2.05) is 0 Å². The number of fused-ring (bicyclic) bond motifs is 3. The van der Waals surface area contributed by atoms with Gasteiger partial charge in [0.2, 0.25) is 0 Å². The summed E-state index contributed by atoms with van der Waals surface area (Å²) >= 11 is 0. The lowest BCUT2D eigenvalue weighted by atomic mass is 9.95. The number of benzene rings is 3. The van der Waals surface area contributed by atoms with Crippen molar-refractivity contribution in [3.8, 4) is 17.2 Å². The van der Waals surface area contributed by atoms with Crippen LogP contribution in [0.1, 0.15) is 40.0 Å². The minimum Gasteiger partial charge on any atom is -0.490 e. The molecule has 6 nitrogen and oxygen atoms in total. The van der Waals surface area contributed by atoms with Crippen LogP contribution in [0.25, 0.3) is 0 Å². The van der Waals surface area contributed by atoms with Gasteiger partial charge in [-0.05, 0) is 61.7 Å². The molecule has 3 heterocycles. The van der Waals surface area contributed by atoms with E-state index >= 15 is 0 Å². The van der Waals surface area contributed by atoms with E-state index in [4.69, 9.17) is 14.2 Å². The highest BCUT2D eigenvalue weighted by Crippen LogP contribution is 2.44. The second kappa shape index (κ2) is 7.80. The van der Waals surface area contributed by atoms with E-state index in [1.54, 1.807) is 0 Å². The second-order valence-corrected chi connectivity index (χ2v) is 9.08. The summed E-state index contributed by atoms with van der Waals surface area (Å²) < 4.78 is 18.5. The number of anilines is 3. The van der Waals surface area contributed by atoms with Crippen LogP contribution in [0.5, 0.6) is 17.2 Å². The van der Waals surface area contributed by atoms with Crippen molar-refractivity contribution in [2.75, 3.05) is 42.3 Å². The molecule has 0 bridgehead atoms. The van der Waals surface area contributed by atoms with Crippen LogP contribution in [0.3, 0.4) is 0 Å². The van der Waals surface area contributed by atoms with Gasteiger partial charge in [-0.15, -0.1) is 0 Å². The molecule has 0 saturated heterocycles. The van der Waals surface area contributed by atoms with Gasteiger partial charge in [-0.3, -0.25) is 0 Å². The van der Waals surface area contributed by atoms with Crippen LogP contribution in [-0.2, 0) is 0 Å². The molecule has 3 aromatic rings. The third-order valence-corrected chi connectivity index (χ3v) is 6.91. The molecule has 3 aliphatic rings. The highest BCUT2D eigenvalue weighted by atomic mass is 16.5. The molecule has 6 rings (SSSR count). The molecule has 0 spiro atoms. The summed E-state index contributed by atoms with van der Waals surface area (Å²) in [5, 5.41) is 10.7.